The van der Waals surface area contributed by atoms with Gasteiger partial charge in [-0.25, -0.2) is 4.99 Å². The number of unbranched alkanes of at least 4 members (excludes halogenated alkanes) is 1. The Kier molecular flexibility index (Phi) is 10.1. The predicted octanol–water partition coefficient (Wildman–Crippen LogP) is 3.20. The molecule has 6 nitrogen and oxygen atoms in total. The molecular formula is C24H41N5O. The summed E-state index contributed by atoms with van der Waals surface area (Å²) in [5, 5.41) is 6.77. The van der Waals surface area contributed by atoms with Crippen molar-refractivity contribution in [3.8, 4) is 0 Å². The number of carbonyl (C=O) groups is 1. The fourth-order valence-corrected chi connectivity index (χ4v) is 4.16. The van der Waals surface area contributed by atoms with Gasteiger partial charge < -0.3 is 20.4 Å². The molecule has 6 heteroatoms. The van der Waals surface area contributed by atoms with Crippen molar-refractivity contribution in [3.05, 3.63) is 35.4 Å². The van der Waals surface area contributed by atoms with Crippen molar-refractivity contribution in [1.29, 1.82) is 0 Å². The average molecular weight is 416 g/mol. The number of guanidine groups is 1. The van der Waals surface area contributed by atoms with Crippen LogP contribution in [0.2, 0.25) is 0 Å². The van der Waals surface area contributed by atoms with Crippen molar-refractivity contribution in [3.63, 3.8) is 0 Å². The third kappa shape index (κ3) is 8.34. The second kappa shape index (κ2) is 12.6. The highest BCUT2D eigenvalue weighted by Crippen LogP contribution is 2.20. The van der Waals surface area contributed by atoms with E-state index in [0.717, 1.165) is 42.9 Å². The first-order valence-electron chi connectivity index (χ1n) is 11.4. The minimum absolute atomic E-state index is 0.0218. The van der Waals surface area contributed by atoms with Gasteiger partial charge in [0.25, 0.3) is 5.91 Å². The van der Waals surface area contributed by atoms with Gasteiger partial charge in [-0.2, -0.15) is 0 Å². The maximum atomic E-state index is 12.0. The third-order valence-corrected chi connectivity index (χ3v) is 5.51. The number of aliphatic imine (C=N–C) groups is 1. The molecule has 1 amide bonds. The van der Waals surface area contributed by atoms with E-state index in [-0.39, 0.29) is 5.91 Å². The summed E-state index contributed by atoms with van der Waals surface area (Å²) in [5.41, 5.74) is 1.80. The first kappa shape index (κ1) is 24.2. The van der Waals surface area contributed by atoms with E-state index in [1.807, 2.05) is 24.3 Å². The Morgan fingerprint density at radius 1 is 1.10 bits per heavy atom. The predicted molar refractivity (Wildman–Crippen MR) is 126 cm³/mol. The summed E-state index contributed by atoms with van der Waals surface area (Å²) >= 11 is 0. The molecule has 1 aliphatic heterocycles. The van der Waals surface area contributed by atoms with Crippen LogP contribution in [0.3, 0.4) is 0 Å². The molecule has 2 unspecified atom stereocenters. The van der Waals surface area contributed by atoms with Crippen LogP contribution in [0.4, 0.5) is 0 Å². The molecule has 0 aromatic heterocycles. The van der Waals surface area contributed by atoms with Crippen LogP contribution in [0.15, 0.2) is 29.3 Å². The van der Waals surface area contributed by atoms with Crippen molar-refractivity contribution in [2.24, 2.45) is 16.8 Å². The van der Waals surface area contributed by atoms with E-state index in [0.29, 0.717) is 12.1 Å². The summed E-state index contributed by atoms with van der Waals surface area (Å²) in [6.45, 7) is 12.9. The number of nitrogens with one attached hydrogen (secondary N) is 2. The van der Waals surface area contributed by atoms with Gasteiger partial charge in [0.2, 0.25) is 0 Å². The smallest absolute Gasteiger partial charge is 0.253 e. The molecule has 2 atom stereocenters. The van der Waals surface area contributed by atoms with E-state index in [1.54, 1.807) is 19.0 Å². The first-order valence-corrected chi connectivity index (χ1v) is 11.4. The lowest BCUT2D eigenvalue weighted by atomic mass is 9.92. The van der Waals surface area contributed by atoms with Crippen LogP contribution in [0, 0.1) is 11.8 Å². The van der Waals surface area contributed by atoms with E-state index in [9.17, 15) is 4.79 Å². The Morgan fingerprint density at radius 3 is 2.37 bits per heavy atom. The number of rotatable bonds is 9. The van der Waals surface area contributed by atoms with Gasteiger partial charge in [0.15, 0.2) is 5.96 Å². The Labute approximate surface area is 183 Å². The Hall–Kier alpha value is -2.08. The maximum Gasteiger partial charge on any atom is 0.253 e. The number of amides is 1. The normalized spacial score (nSPS) is 20.1. The van der Waals surface area contributed by atoms with E-state index < -0.39 is 0 Å². The highest BCUT2D eigenvalue weighted by Gasteiger charge is 2.20. The molecule has 1 saturated heterocycles. The van der Waals surface area contributed by atoms with Crippen LogP contribution in [-0.4, -0.2) is 68.5 Å². The Bertz CT molecular complexity index is 661. The maximum absolute atomic E-state index is 12.0. The highest BCUT2D eigenvalue weighted by atomic mass is 16.2. The summed E-state index contributed by atoms with van der Waals surface area (Å²) in [5.74, 6) is 2.53. The quantitative estimate of drug-likeness (QED) is 0.369. The van der Waals surface area contributed by atoms with Gasteiger partial charge in [0, 0.05) is 45.8 Å². The van der Waals surface area contributed by atoms with Gasteiger partial charge in [-0.15, -0.1) is 0 Å². The lowest BCUT2D eigenvalue weighted by Gasteiger charge is -2.34. The number of carbonyl (C=O) groups excluding carboxylic acids is 1. The van der Waals surface area contributed by atoms with Crippen molar-refractivity contribution in [2.75, 3.05) is 46.8 Å². The summed E-state index contributed by atoms with van der Waals surface area (Å²) in [4.78, 5) is 20.9. The van der Waals surface area contributed by atoms with E-state index in [2.05, 4.69) is 41.3 Å². The molecule has 168 valence electrons. The molecule has 1 heterocycles. The van der Waals surface area contributed by atoms with Crippen LogP contribution in [-0.2, 0) is 6.54 Å². The molecule has 1 aliphatic rings. The van der Waals surface area contributed by atoms with E-state index in [1.165, 1.54) is 32.5 Å². The standard InChI is InChI=1S/C24H41N5O/c1-6-25-24(26-13-7-8-14-29-17-19(2)15-20(3)18-29)27-16-21-9-11-22(12-10-21)23(30)28(4)5/h9-12,19-20H,6-8,13-18H2,1-5H3,(H2,25,26,27). The first-order chi connectivity index (χ1) is 14.4. The third-order valence-electron chi connectivity index (χ3n) is 5.51. The van der Waals surface area contributed by atoms with Crippen molar-refractivity contribution in [2.45, 2.75) is 46.6 Å². The lowest BCUT2D eigenvalue weighted by molar-refractivity contribution is 0.0827. The van der Waals surface area contributed by atoms with Crippen molar-refractivity contribution >= 4 is 11.9 Å². The Balaban J connectivity index is 1.74. The molecule has 1 aromatic rings. The molecule has 0 radical (unpaired) electrons. The zero-order valence-electron chi connectivity index (χ0n) is 19.6. The number of likely N-dealkylation sites (tertiary alicyclic amines) is 1. The van der Waals surface area contributed by atoms with Gasteiger partial charge in [0.05, 0.1) is 6.54 Å². The summed E-state index contributed by atoms with van der Waals surface area (Å²) in [7, 11) is 3.53. The van der Waals surface area contributed by atoms with Gasteiger partial charge in [0.1, 0.15) is 0 Å². The van der Waals surface area contributed by atoms with Gasteiger partial charge in [-0.05, 0) is 62.3 Å². The average Bonchev–Trinajstić information content (AvgIpc) is 2.70. The number of hydrogen-bond donors (Lipinski definition) is 2. The monoisotopic (exact) mass is 415 g/mol. The number of hydrogen-bond acceptors (Lipinski definition) is 3. The fourth-order valence-electron chi connectivity index (χ4n) is 4.16. The highest BCUT2D eigenvalue weighted by molar-refractivity contribution is 5.93. The van der Waals surface area contributed by atoms with E-state index >= 15 is 0 Å². The lowest BCUT2D eigenvalue weighted by Crippen LogP contribution is -2.40. The summed E-state index contributed by atoms with van der Waals surface area (Å²) in [6, 6.07) is 7.69. The minimum atomic E-state index is 0.0218. The van der Waals surface area contributed by atoms with Gasteiger partial charge in [-0.3, -0.25) is 4.79 Å². The number of piperidine rings is 1. The molecule has 0 aliphatic carbocycles. The van der Waals surface area contributed by atoms with Crippen LogP contribution in [0.25, 0.3) is 0 Å². The topological polar surface area (TPSA) is 60.0 Å². The van der Waals surface area contributed by atoms with Crippen LogP contribution < -0.4 is 10.6 Å². The molecular weight excluding hydrogens is 374 g/mol. The largest absolute Gasteiger partial charge is 0.357 e. The molecule has 0 bridgehead atoms. The van der Waals surface area contributed by atoms with Crippen LogP contribution in [0.5, 0.6) is 0 Å². The zero-order valence-corrected chi connectivity index (χ0v) is 19.6. The molecule has 1 aromatic carbocycles. The summed E-state index contributed by atoms with van der Waals surface area (Å²) in [6.07, 6.45) is 3.73. The zero-order chi connectivity index (χ0) is 21.9. The molecule has 0 saturated carbocycles. The van der Waals surface area contributed by atoms with Gasteiger partial charge >= 0.3 is 0 Å². The van der Waals surface area contributed by atoms with Crippen LogP contribution in [0.1, 0.15) is 56.0 Å². The van der Waals surface area contributed by atoms with Gasteiger partial charge in [-0.1, -0.05) is 26.0 Å². The van der Waals surface area contributed by atoms with E-state index in [4.69, 9.17) is 0 Å². The van der Waals surface area contributed by atoms with Crippen LogP contribution >= 0.6 is 0 Å². The fraction of sp³-hybridized carbons (Fsp3) is 0.667. The molecule has 2 N–H and O–H groups in total. The Morgan fingerprint density at radius 2 is 1.77 bits per heavy atom. The molecule has 1 fully saturated rings. The van der Waals surface area contributed by atoms with Crippen molar-refractivity contribution in [1.82, 2.24) is 20.4 Å². The molecule has 2 rings (SSSR count). The van der Waals surface area contributed by atoms with Crippen molar-refractivity contribution < 1.29 is 4.79 Å². The molecule has 0 spiro atoms. The minimum Gasteiger partial charge on any atom is -0.357 e. The second-order valence-corrected chi connectivity index (χ2v) is 8.93. The molecule has 30 heavy (non-hydrogen) atoms. The number of nitrogens with zero attached hydrogens (tertiary/aromatic N) is 3. The number of benzene rings is 1. The summed E-state index contributed by atoms with van der Waals surface area (Å²) < 4.78 is 0. The SMILES string of the molecule is CCNC(=NCc1ccc(C(=O)N(C)C)cc1)NCCCCN1CC(C)CC(C)C1. The second-order valence-electron chi connectivity index (χ2n) is 8.93.